The molecule has 0 spiro atoms. The van der Waals surface area contributed by atoms with E-state index < -0.39 is 5.97 Å². The Kier molecular flexibility index (Phi) is 3.67. The first kappa shape index (κ1) is 9.12. The van der Waals surface area contributed by atoms with Crippen molar-refractivity contribution in [1.29, 1.82) is 0 Å². The Morgan fingerprint density at radius 1 is 1.90 bits per heavy atom. The van der Waals surface area contributed by atoms with E-state index in [1.165, 1.54) is 4.90 Å². The fraction of sp³-hybridized carbons (Fsp3) is 0.500. The lowest BCUT2D eigenvalue weighted by Crippen LogP contribution is -2.69. The maximum absolute atomic E-state index is 10.1. The Hall–Kier alpha value is -0.880. The number of quaternary nitrogens is 1. The molecule has 0 fully saturated rings. The number of carboxylic acid groups (broad SMARTS) is 1. The zero-order chi connectivity index (χ0) is 8.15. The summed E-state index contributed by atoms with van der Waals surface area (Å²) in [7, 11) is 1.58. The monoisotopic (exact) mass is 164 g/mol. The standard InChI is InChI=1S/C4H9N3O2S/c1-7(2-3(8)9)4(10)6-5/h2,5H2,1H3,(H,6,10)(H,8,9)/p+1. The largest absolute Gasteiger partial charge is 0.480 e. The lowest BCUT2D eigenvalue weighted by Gasteiger charge is -2.14. The third-order valence-corrected chi connectivity index (χ3v) is 1.33. The van der Waals surface area contributed by atoms with Crippen molar-refractivity contribution in [3.8, 4) is 0 Å². The second-order valence-electron chi connectivity index (χ2n) is 1.73. The van der Waals surface area contributed by atoms with Gasteiger partial charge in [0.2, 0.25) is 5.11 Å². The highest BCUT2D eigenvalue weighted by Gasteiger charge is 2.06. The predicted molar refractivity (Wildman–Crippen MR) is 38.9 cm³/mol. The molecule has 0 aromatic heterocycles. The summed E-state index contributed by atoms with van der Waals surface area (Å²) >= 11 is 4.69. The molecule has 10 heavy (non-hydrogen) atoms. The molecule has 0 bridgehead atoms. The van der Waals surface area contributed by atoms with Gasteiger partial charge >= 0.3 is 5.97 Å². The van der Waals surface area contributed by atoms with Crippen LogP contribution < -0.4 is 11.3 Å². The third-order valence-electron chi connectivity index (χ3n) is 0.870. The highest BCUT2D eigenvalue weighted by atomic mass is 32.1. The number of thiocarbonyl (C=S) groups is 1. The summed E-state index contributed by atoms with van der Waals surface area (Å²) in [5.74, 6) is 2.37. The number of likely N-dealkylation sites (N-methyl/N-ethyl adjacent to an activating group) is 1. The molecule has 0 rings (SSSR count). The summed E-state index contributed by atoms with van der Waals surface area (Å²) in [4.78, 5) is 11.5. The van der Waals surface area contributed by atoms with Gasteiger partial charge in [-0.1, -0.05) is 0 Å². The van der Waals surface area contributed by atoms with Crippen molar-refractivity contribution in [2.75, 3.05) is 13.6 Å². The summed E-state index contributed by atoms with van der Waals surface area (Å²) in [6, 6.07) is 0. The quantitative estimate of drug-likeness (QED) is 0.326. The van der Waals surface area contributed by atoms with Crippen LogP contribution in [0.5, 0.6) is 0 Å². The Morgan fingerprint density at radius 3 is 2.70 bits per heavy atom. The number of carboxylic acids is 1. The molecule has 0 unspecified atom stereocenters. The van der Waals surface area contributed by atoms with Crippen LogP contribution in [0.15, 0.2) is 0 Å². The van der Waals surface area contributed by atoms with Gasteiger partial charge in [-0.15, -0.1) is 0 Å². The normalized spacial score (nSPS) is 8.60. The van der Waals surface area contributed by atoms with Crippen LogP contribution in [0.4, 0.5) is 0 Å². The van der Waals surface area contributed by atoms with E-state index in [1.54, 1.807) is 7.05 Å². The van der Waals surface area contributed by atoms with Gasteiger partial charge in [-0.25, -0.2) is 5.43 Å². The number of hydrogen-bond acceptors (Lipinski definition) is 2. The van der Waals surface area contributed by atoms with Gasteiger partial charge in [0.05, 0.1) is 0 Å². The maximum atomic E-state index is 10.1. The summed E-state index contributed by atoms with van der Waals surface area (Å²) in [5, 5.41) is 8.60. The van der Waals surface area contributed by atoms with Crippen molar-refractivity contribution in [1.82, 2.24) is 10.3 Å². The van der Waals surface area contributed by atoms with Crippen molar-refractivity contribution < 1.29 is 15.7 Å². The van der Waals surface area contributed by atoms with Crippen LogP contribution in [0.3, 0.4) is 0 Å². The molecule has 0 saturated carbocycles. The van der Waals surface area contributed by atoms with Crippen molar-refractivity contribution in [3.05, 3.63) is 0 Å². The zero-order valence-corrected chi connectivity index (χ0v) is 6.44. The minimum atomic E-state index is -0.917. The molecule has 58 valence electrons. The summed E-state index contributed by atoms with van der Waals surface area (Å²) in [5.41, 5.74) is 2.41. The van der Waals surface area contributed by atoms with Gasteiger partial charge < -0.3 is 10.0 Å². The first-order valence-corrected chi connectivity index (χ1v) is 2.98. The molecule has 0 radical (unpaired) electrons. The third kappa shape index (κ3) is 3.21. The molecule has 0 aromatic rings. The van der Waals surface area contributed by atoms with E-state index in [-0.39, 0.29) is 6.54 Å². The SMILES string of the molecule is CN(CC(=O)O)C(=S)N[NH3+]. The molecular weight excluding hydrogens is 154 g/mol. The van der Waals surface area contributed by atoms with Gasteiger partial charge in [0.1, 0.15) is 6.54 Å². The molecule has 0 amide bonds. The zero-order valence-electron chi connectivity index (χ0n) is 5.63. The molecule has 6 heteroatoms. The summed E-state index contributed by atoms with van der Waals surface area (Å²) < 4.78 is 0. The maximum Gasteiger partial charge on any atom is 0.323 e. The molecule has 0 aromatic carbocycles. The molecule has 0 heterocycles. The van der Waals surface area contributed by atoms with E-state index in [0.29, 0.717) is 5.11 Å². The van der Waals surface area contributed by atoms with Crippen LogP contribution >= 0.6 is 12.2 Å². The van der Waals surface area contributed by atoms with Crippen LogP contribution in [-0.4, -0.2) is 34.7 Å². The summed E-state index contributed by atoms with van der Waals surface area (Å²) in [6.07, 6.45) is 0. The minimum Gasteiger partial charge on any atom is -0.480 e. The fourth-order valence-electron chi connectivity index (χ4n) is 0.410. The number of carbonyl (C=O) groups is 1. The smallest absolute Gasteiger partial charge is 0.323 e. The van der Waals surface area contributed by atoms with Crippen molar-refractivity contribution in [3.63, 3.8) is 0 Å². The van der Waals surface area contributed by atoms with Gasteiger partial charge in [-0.05, 0) is 12.2 Å². The molecule has 0 atom stereocenters. The Morgan fingerprint density at radius 2 is 2.40 bits per heavy atom. The lowest BCUT2D eigenvalue weighted by atomic mass is 10.6. The minimum absolute atomic E-state index is 0.110. The van der Waals surface area contributed by atoms with E-state index in [1.807, 2.05) is 0 Å². The second-order valence-corrected chi connectivity index (χ2v) is 2.12. The lowest BCUT2D eigenvalue weighted by molar-refractivity contribution is -0.420. The topological polar surface area (TPSA) is 80.2 Å². The van der Waals surface area contributed by atoms with E-state index in [4.69, 9.17) is 5.11 Å². The van der Waals surface area contributed by atoms with Crippen LogP contribution in [0.1, 0.15) is 0 Å². The molecule has 0 aliphatic rings. The Balaban J connectivity index is 3.72. The van der Waals surface area contributed by atoms with Crippen molar-refractivity contribution >= 4 is 23.3 Å². The van der Waals surface area contributed by atoms with Gasteiger partial charge in [0.15, 0.2) is 0 Å². The predicted octanol–water partition coefficient (Wildman–Crippen LogP) is -1.97. The van der Waals surface area contributed by atoms with E-state index in [2.05, 4.69) is 23.5 Å². The van der Waals surface area contributed by atoms with E-state index in [9.17, 15) is 4.79 Å². The van der Waals surface area contributed by atoms with Crippen molar-refractivity contribution in [2.24, 2.45) is 0 Å². The van der Waals surface area contributed by atoms with Gasteiger partial charge in [-0.3, -0.25) is 10.6 Å². The molecule has 0 aliphatic heterocycles. The number of hydrogen-bond donors (Lipinski definition) is 3. The van der Waals surface area contributed by atoms with Crippen molar-refractivity contribution in [2.45, 2.75) is 0 Å². The summed E-state index contributed by atoms with van der Waals surface area (Å²) in [6.45, 7) is -0.110. The highest BCUT2D eigenvalue weighted by molar-refractivity contribution is 7.80. The Labute approximate surface area is 63.8 Å². The number of aliphatic carboxylic acids is 1. The Bertz CT molecular complexity index is 149. The molecule has 0 aliphatic carbocycles. The van der Waals surface area contributed by atoms with Crippen LogP contribution in [0, 0.1) is 0 Å². The molecule has 5 N–H and O–H groups in total. The molecular formula is C4H10N3O2S+. The average molecular weight is 164 g/mol. The van der Waals surface area contributed by atoms with Crippen LogP contribution in [-0.2, 0) is 4.79 Å². The van der Waals surface area contributed by atoms with Crippen LogP contribution in [0.25, 0.3) is 0 Å². The second kappa shape index (κ2) is 4.02. The first-order valence-electron chi connectivity index (χ1n) is 2.58. The molecule has 0 saturated heterocycles. The van der Waals surface area contributed by atoms with E-state index >= 15 is 0 Å². The van der Waals surface area contributed by atoms with Crippen LogP contribution in [0.2, 0.25) is 0 Å². The van der Waals surface area contributed by atoms with Gasteiger partial charge in [0, 0.05) is 7.05 Å². The van der Waals surface area contributed by atoms with Gasteiger partial charge in [0.25, 0.3) is 0 Å². The van der Waals surface area contributed by atoms with Gasteiger partial charge in [-0.2, -0.15) is 0 Å². The fourth-order valence-corrected chi connectivity index (χ4v) is 0.474. The number of nitrogens with zero attached hydrogens (tertiary/aromatic N) is 1. The number of nitrogens with one attached hydrogen (secondary N) is 1. The highest BCUT2D eigenvalue weighted by Crippen LogP contribution is 1.81. The average Bonchev–Trinajstić information content (AvgIpc) is 1.85. The first-order chi connectivity index (χ1) is 4.57. The number of rotatable bonds is 2. The van der Waals surface area contributed by atoms with E-state index in [0.717, 1.165) is 0 Å². The molecule has 5 nitrogen and oxygen atoms in total.